The third-order valence-corrected chi connectivity index (χ3v) is 5.15. The molecule has 4 heteroatoms. The number of rotatable bonds is 2. The lowest BCUT2D eigenvalue weighted by atomic mass is 9.93. The molecule has 3 aliphatic heterocycles. The fourth-order valence-corrected chi connectivity index (χ4v) is 3.93. The molecule has 0 amide bonds. The number of ether oxygens (including phenoxy) is 3. The SMILES string of the molecule is c1ccc2c(c1)CN(CC1CCOC1)CC1(CCOCC1)O2. The van der Waals surface area contributed by atoms with Crippen LogP contribution in [0.2, 0.25) is 0 Å². The van der Waals surface area contributed by atoms with E-state index < -0.39 is 0 Å². The Hall–Kier alpha value is -1.10. The monoisotopic (exact) mass is 303 g/mol. The van der Waals surface area contributed by atoms with Crippen molar-refractivity contribution in [2.45, 2.75) is 31.4 Å². The van der Waals surface area contributed by atoms with Gasteiger partial charge in [-0.25, -0.2) is 0 Å². The van der Waals surface area contributed by atoms with Gasteiger partial charge in [0.05, 0.1) is 19.8 Å². The Labute approximate surface area is 132 Å². The fraction of sp³-hybridized carbons (Fsp3) is 0.667. The number of para-hydroxylation sites is 1. The summed E-state index contributed by atoms with van der Waals surface area (Å²) in [5.74, 6) is 1.73. The van der Waals surface area contributed by atoms with E-state index >= 15 is 0 Å². The standard InChI is InChI=1S/C18H25NO3/c1-2-4-17-16(3-1)12-19(11-15-5-8-21-13-15)14-18(22-17)6-9-20-10-7-18/h1-4,15H,5-14H2. The minimum atomic E-state index is -0.0791. The molecular formula is C18H25NO3. The van der Waals surface area contributed by atoms with Crippen LogP contribution in [0.4, 0.5) is 0 Å². The largest absolute Gasteiger partial charge is 0.485 e. The normalized spacial score (nSPS) is 28.1. The molecule has 1 aromatic rings. The second kappa shape index (κ2) is 6.19. The Morgan fingerprint density at radius 2 is 1.95 bits per heavy atom. The zero-order valence-corrected chi connectivity index (χ0v) is 13.1. The summed E-state index contributed by atoms with van der Waals surface area (Å²) in [5, 5.41) is 0. The molecule has 3 heterocycles. The molecule has 4 nitrogen and oxygen atoms in total. The second-order valence-electron chi connectivity index (χ2n) is 6.90. The molecule has 1 aromatic carbocycles. The maximum atomic E-state index is 6.53. The highest BCUT2D eigenvalue weighted by Crippen LogP contribution is 2.35. The average molecular weight is 303 g/mol. The highest BCUT2D eigenvalue weighted by atomic mass is 16.5. The van der Waals surface area contributed by atoms with Crippen molar-refractivity contribution in [3.8, 4) is 5.75 Å². The Morgan fingerprint density at radius 1 is 1.09 bits per heavy atom. The number of hydrogen-bond donors (Lipinski definition) is 0. The van der Waals surface area contributed by atoms with Crippen molar-refractivity contribution >= 4 is 0 Å². The van der Waals surface area contributed by atoms with Crippen LogP contribution in [-0.4, -0.2) is 50.0 Å². The van der Waals surface area contributed by atoms with Crippen LogP contribution in [-0.2, 0) is 16.0 Å². The summed E-state index contributed by atoms with van der Waals surface area (Å²) in [7, 11) is 0. The molecule has 0 bridgehead atoms. The van der Waals surface area contributed by atoms with Crippen molar-refractivity contribution < 1.29 is 14.2 Å². The van der Waals surface area contributed by atoms with Gasteiger partial charge in [0, 0.05) is 44.6 Å². The van der Waals surface area contributed by atoms with Gasteiger partial charge in [-0.2, -0.15) is 0 Å². The van der Waals surface area contributed by atoms with Gasteiger partial charge in [0.15, 0.2) is 0 Å². The smallest absolute Gasteiger partial charge is 0.126 e. The molecule has 2 saturated heterocycles. The van der Waals surface area contributed by atoms with Crippen molar-refractivity contribution in [1.82, 2.24) is 4.90 Å². The maximum absolute atomic E-state index is 6.53. The van der Waals surface area contributed by atoms with Crippen LogP contribution in [0.25, 0.3) is 0 Å². The summed E-state index contributed by atoms with van der Waals surface area (Å²) < 4.78 is 17.7. The average Bonchev–Trinajstić information content (AvgIpc) is 2.97. The zero-order valence-electron chi connectivity index (χ0n) is 13.1. The zero-order chi connectivity index (χ0) is 14.8. The summed E-state index contributed by atoms with van der Waals surface area (Å²) in [6.45, 7) is 6.54. The van der Waals surface area contributed by atoms with Crippen LogP contribution in [0.5, 0.6) is 5.75 Å². The van der Waals surface area contributed by atoms with Crippen molar-refractivity contribution in [2.24, 2.45) is 5.92 Å². The Balaban J connectivity index is 1.58. The first-order valence-corrected chi connectivity index (χ1v) is 8.48. The van der Waals surface area contributed by atoms with Gasteiger partial charge in [0.25, 0.3) is 0 Å². The van der Waals surface area contributed by atoms with Gasteiger partial charge in [-0.3, -0.25) is 4.90 Å². The Kier molecular flexibility index (Phi) is 4.07. The molecule has 3 aliphatic rings. The second-order valence-corrected chi connectivity index (χ2v) is 6.90. The molecular weight excluding hydrogens is 278 g/mol. The molecule has 0 N–H and O–H groups in total. The number of benzene rings is 1. The first kappa shape index (κ1) is 14.5. The molecule has 0 aliphatic carbocycles. The summed E-state index contributed by atoms with van der Waals surface area (Å²) >= 11 is 0. The van der Waals surface area contributed by atoms with Crippen molar-refractivity contribution in [2.75, 3.05) is 39.5 Å². The van der Waals surface area contributed by atoms with Crippen LogP contribution in [0.15, 0.2) is 24.3 Å². The molecule has 0 aromatic heterocycles. The Morgan fingerprint density at radius 3 is 2.77 bits per heavy atom. The highest BCUT2D eigenvalue weighted by Gasteiger charge is 2.39. The number of fused-ring (bicyclic) bond motifs is 1. The van der Waals surface area contributed by atoms with Gasteiger partial charge >= 0.3 is 0 Å². The molecule has 0 saturated carbocycles. The summed E-state index contributed by atoms with van der Waals surface area (Å²) in [5.41, 5.74) is 1.23. The molecule has 120 valence electrons. The Bertz CT molecular complexity index is 507. The lowest BCUT2D eigenvalue weighted by Crippen LogP contribution is -2.50. The minimum absolute atomic E-state index is 0.0791. The molecule has 1 spiro atoms. The van der Waals surface area contributed by atoms with Gasteiger partial charge < -0.3 is 14.2 Å². The number of nitrogens with zero attached hydrogens (tertiary/aromatic N) is 1. The van der Waals surface area contributed by atoms with E-state index in [9.17, 15) is 0 Å². The van der Waals surface area contributed by atoms with Crippen LogP contribution in [0.1, 0.15) is 24.8 Å². The van der Waals surface area contributed by atoms with Gasteiger partial charge in [0.1, 0.15) is 11.4 Å². The van der Waals surface area contributed by atoms with E-state index in [0.29, 0.717) is 5.92 Å². The van der Waals surface area contributed by atoms with E-state index in [1.165, 1.54) is 12.0 Å². The van der Waals surface area contributed by atoms with E-state index in [1.54, 1.807) is 0 Å². The van der Waals surface area contributed by atoms with Crippen LogP contribution in [0, 0.1) is 5.92 Å². The first-order chi connectivity index (χ1) is 10.8. The van der Waals surface area contributed by atoms with Crippen molar-refractivity contribution in [1.29, 1.82) is 0 Å². The molecule has 22 heavy (non-hydrogen) atoms. The minimum Gasteiger partial charge on any atom is -0.485 e. The summed E-state index contributed by atoms with van der Waals surface area (Å²) in [4.78, 5) is 2.58. The predicted octanol–water partition coefficient (Wildman–Crippen LogP) is 2.47. The van der Waals surface area contributed by atoms with Gasteiger partial charge in [-0.15, -0.1) is 0 Å². The van der Waals surface area contributed by atoms with Crippen LogP contribution >= 0.6 is 0 Å². The van der Waals surface area contributed by atoms with Crippen LogP contribution < -0.4 is 4.74 Å². The van der Waals surface area contributed by atoms with E-state index in [4.69, 9.17) is 14.2 Å². The van der Waals surface area contributed by atoms with E-state index in [-0.39, 0.29) is 5.60 Å². The van der Waals surface area contributed by atoms with E-state index in [0.717, 1.165) is 64.7 Å². The summed E-state index contributed by atoms with van der Waals surface area (Å²) in [6, 6.07) is 8.51. The fourth-order valence-electron chi connectivity index (χ4n) is 3.93. The highest BCUT2D eigenvalue weighted by molar-refractivity contribution is 5.35. The maximum Gasteiger partial charge on any atom is 0.126 e. The third-order valence-electron chi connectivity index (χ3n) is 5.15. The quantitative estimate of drug-likeness (QED) is 0.840. The van der Waals surface area contributed by atoms with Gasteiger partial charge in [-0.05, 0) is 18.4 Å². The van der Waals surface area contributed by atoms with Crippen LogP contribution in [0.3, 0.4) is 0 Å². The lowest BCUT2D eigenvalue weighted by molar-refractivity contribution is -0.0598. The van der Waals surface area contributed by atoms with E-state index in [1.807, 2.05) is 0 Å². The molecule has 1 atom stereocenters. The third kappa shape index (κ3) is 3.00. The van der Waals surface area contributed by atoms with Crippen molar-refractivity contribution in [3.05, 3.63) is 29.8 Å². The molecule has 1 unspecified atom stereocenters. The topological polar surface area (TPSA) is 30.9 Å². The first-order valence-electron chi connectivity index (χ1n) is 8.48. The van der Waals surface area contributed by atoms with Gasteiger partial charge in [-0.1, -0.05) is 18.2 Å². The molecule has 2 fully saturated rings. The lowest BCUT2D eigenvalue weighted by Gasteiger charge is -2.39. The predicted molar refractivity (Wildman–Crippen MR) is 84.1 cm³/mol. The summed E-state index contributed by atoms with van der Waals surface area (Å²) in [6.07, 6.45) is 3.16. The van der Waals surface area contributed by atoms with Gasteiger partial charge in [0.2, 0.25) is 0 Å². The van der Waals surface area contributed by atoms with E-state index in [2.05, 4.69) is 29.2 Å². The molecule has 4 rings (SSSR count). The molecule has 0 radical (unpaired) electrons. The van der Waals surface area contributed by atoms with Crippen molar-refractivity contribution in [3.63, 3.8) is 0 Å². The number of hydrogen-bond acceptors (Lipinski definition) is 4.